The van der Waals surface area contributed by atoms with E-state index in [1.54, 1.807) is 10.9 Å². The summed E-state index contributed by atoms with van der Waals surface area (Å²) in [5.41, 5.74) is 1.77. The minimum absolute atomic E-state index is 0.145. The number of halogens is 1. The molecule has 9 heteroatoms. The summed E-state index contributed by atoms with van der Waals surface area (Å²) in [6.45, 7) is 2.49. The fourth-order valence-corrected chi connectivity index (χ4v) is 2.74. The minimum Gasteiger partial charge on any atom is -0.478 e. The molecule has 0 bridgehead atoms. The van der Waals surface area contributed by atoms with Gasteiger partial charge in [0, 0.05) is 19.4 Å². The smallest absolute Gasteiger partial charge is 0.339 e. The van der Waals surface area contributed by atoms with E-state index in [0.29, 0.717) is 6.54 Å². The number of benzene rings is 1. The molecule has 1 aromatic carbocycles. The zero-order valence-corrected chi connectivity index (χ0v) is 14.9. The van der Waals surface area contributed by atoms with E-state index in [-0.39, 0.29) is 22.1 Å². The van der Waals surface area contributed by atoms with Crippen molar-refractivity contribution in [3.05, 3.63) is 64.1 Å². The Hall–Kier alpha value is -3.13. The zero-order chi connectivity index (χ0) is 18.8. The van der Waals surface area contributed by atoms with E-state index >= 15 is 0 Å². The normalized spacial score (nSPS) is 10.7. The first kappa shape index (κ1) is 17.7. The lowest BCUT2D eigenvalue weighted by Gasteiger charge is -2.03. The van der Waals surface area contributed by atoms with Gasteiger partial charge in [-0.05, 0) is 12.5 Å². The summed E-state index contributed by atoms with van der Waals surface area (Å²) in [5.74, 6) is -1.78. The van der Waals surface area contributed by atoms with Gasteiger partial charge in [-0.15, -0.1) is 0 Å². The second-order valence-electron chi connectivity index (χ2n) is 5.84. The topological polar surface area (TPSA) is 102 Å². The molecule has 134 valence electrons. The Bertz CT molecular complexity index is 992. The Labute approximate surface area is 154 Å². The van der Waals surface area contributed by atoms with Gasteiger partial charge < -0.3 is 10.4 Å². The summed E-state index contributed by atoms with van der Waals surface area (Å²) in [6, 6.07) is 7.94. The van der Waals surface area contributed by atoms with Crippen LogP contribution >= 0.6 is 11.6 Å². The van der Waals surface area contributed by atoms with E-state index in [4.69, 9.17) is 16.7 Å². The van der Waals surface area contributed by atoms with E-state index in [2.05, 4.69) is 15.5 Å². The van der Waals surface area contributed by atoms with Crippen LogP contribution in [0.25, 0.3) is 0 Å². The van der Waals surface area contributed by atoms with E-state index < -0.39 is 11.9 Å². The van der Waals surface area contributed by atoms with Gasteiger partial charge in [0.05, 0.1) is 6.54 Å². The Morgan fingerprint density at radius 3 is 2.73 bits per heavy atom. The van der Waals surface area contributed by atoms with Crippen molar-refractivity contribution in [1.29, 1.82) is 0 Å². The summed E-state index contributed by atoms with van der Waals surface area (Å²) >= 11 is 6.14. The molecule has 8 nitrogen and oxygen atoms in total. The fourth-order valence-electron chi connectivity index (χ4n) is 2.54. The van der Waals surface area contributed by atoms with Crippen LogP contribution in [0.2, 0.25) is 5.02 Å². The molecule has 0 aliphatic rings. The van der Waals surface area contributed by atoms with Gasteiger partial charge in [-0.3, -0.25) is 14.2 Å². The van der Waals surface area contributed by atoms with Crippen LogP contribution in [0.4, 0.5) is 5.82 Å². The first-order chi connectivity index (χ1) is 12.3. The molecule has 26 heavy (non-hydrogen) atoms. The van der Waals surface area contributed by atoms with Crippen molar-refractivity contribution in [2.75, 3.05) is 5.32 Å². The molecule has 0 radical (unpaired) electrons. The van der Waals surface area contributed by atoms with Crippen molar-refractivity contribution in [1.82, 2.24) is 19.6 Å². The highest BCUT2D eigenvalue weighted by atomic mass is 35.5. The lowest BCUT2D eigenvalue weighted by Crippen LogP contribution is -2.17. The van der Waals surface area contributed by atoms with Crippen LogP contribution in [0.1, 0.15) is 32.0 Å². The molecular formula is C17H16ClN5O3. The van der Waals surface area contributed by atoms with Crippen LogP contribution in [0.15, 0.2) is 36.7 Å². The van der Waals surface area contributed by atoms with Crippen molar-refractivity contribution < 1.29 is 14.7 Å². The minimum atomic E-state index is -1.24. The number of hydrogen-bond acceptors (Lipinski definition) is 4. The Morgan fingerprint density at radius 1 is 1.27 bits per heavy atom. The molecule has 0 fully saturated rings. The standard InChI is InChI=1S/C17H16ClN5O3/c1-10-4-3-5-11(6-10)7-23-9-13(18)15(21-23)19-16(24)14-12(17(25)26)8-22(2)20-14/h3-6,8-9H,7H2,1-2H3,(H,25,26)(H,19,21,24). The molecule has 0 atom stereocenters. The van der Waals surface area contributed by atoms with Gasteiger partial charge in [0.15, 0.2) is 11.5 Å². The second kappa shape index (κ2) is 7.01. The third-order valence-corrected chi connectivity index (χ3v) is 3.93. The van der Waals surface area contributed by atoms with Gasteiger partial charge in [-0.25, -0.2) is 4.79 Å². The Balaban J connectivity index is 1.79. The second-order valence-corrected chi connectivity index (χ2v) is 6.24. The maximum atomic E-state index is 12.4. The number of carboxylic acids is 1. The fraction of sp³-hybridized carbons (Fsp3) is 0.176. The summed E-state index contributed by atoms with van der Waals surface area (Å²) in [4.78, 5) is 23.6. The number of rotatable bonds is 5. The van der Waals surface area contributed by atoms with E-state index in [9.17, 15) is 9.59 Å². The molecule has 0 unspecified atom stereocenters. The predicted octanol–water partition coefficient (Wildman–Crippen LogP) is 2.58. The van der Waals surface area contributed by atoms with Crippen molar-refractivity contribution in [3.63, 3.8) is 0 Å². The SMILES string of the molecule is Cc1cccc(Cn2cc(Cl)c(NC(=O)c3nn(C)cc3C(=O)O)n2)c1. The quantitative estimate of drug-likeness (QED) is 0.715. The highest BCUT2D eigenvalue weighted by Gasteiger charge is 2.22. The molecule has 3 aromatic rings. The first-order valence-corrected chi connectivity index (χ1v) is 8.08. The maximum absolute atomic E-state index is 12.4. The van der Waals surface area contributed by atoms with E-state index in [1.165, 1.54) is 17.9 Å². The van der Waals surface area contributed by atoms with Gasteiger partial charge in [0.2, 0.25) is 0 Å². The number of carboxylic acid groups (broad SMARTS) is 1. The van der Waals surface area contributed by atoms with E-state index in [0.717, 1.165) is 11.1 Å². The maximum Gasteiger partial charge on any atom is 0.339 e. The van der Waals surface area contributed by atoms with Crippen molar-refractivity contribution >= 4 is 29.3 Å². The van der Waals surface area contributed by atoms with Crippen LogP contribution in [0.3, 0.4) is 0 Å². The number of anilines is 1. The predicted molar refractivity (Wildman–Crippen MR) is 95.6 cm³/mol. The molecule has 0 saturated carbocycles. The van der Waals surface area contributed by atoms with Gasteiger partial charge in [0.1, 0.15) is 10.6 Å². The number of aromatic carboxylic acids is 1. The van der Waals surface area contributed by atoms with Crippen LogP contribution in [-0.2, 0) is 13.6 Å². The average molecular weight is 374 g/mol. The van der Waals surface area contributed by atoms with Crippen LogP contribution in [-0.4, -0.2) is 36.5 Å². The first-order valence-electron chi connectivity index (χ1n) is 7.70. The number of aryl methyl sites for hydroxylation is 2. The highest BCUT2D eigenvalue weighted by Crippen LogP contribution is 2.21. The molecule has 3 rings (SSSR count). The molecule has 0 spiro atoms. The number of nitrogens with zero attached hydrogens (tertiary/aromatic N) is 4. The van der Waals surface area contributed by atoms with Gasteiger partial charge in [-0.2, -0.15) is 10.2 Å². The Morgan fingerprint density at radius 2 is 2.04 bits per heavy atom. The van der Waals surface area contributed by atoms with E-state index in [1.807, 2.05) is 31.2 Å². The van der Waals surface area contributed by atoms with Gasteiger partial charge >= 0.3 is 5.97 Å². The van der Waals surface area contributed by atoms with Crippen molar-refractivity contribution in [2.24, 2.45) is 7.05 Å². The zero-order valence-electron chi connectivity index (χ0n) is 14.1. The largest absolute Gasteiger partial charge is 0.478 e. The summed E-state index contributed by atoms with van der Waals surface area (Å²) in [6.07, 6.45) is 2.85. The lowest BCUT2D eigenvalue weighted by atomic mass is 10.1. The van der Waals surface area contributed by atoms with Crippen LogP contribution < -0.4 is 5.32 Å². The third-order valence-electron chi connectivity index (χ3n) is 3.65. The molecule has 2 aromatic heterocycles. The molecule has 0 aliphatic heterocycles. The summed E-state index contributed by atoms with van der Waals surface area (Å²) < 4.78 is 2.86. The molecular weight excluding hydrogens is 358 g/mol. The number of hydrogen-bond donors (Lipinski definition) is 2. The third kappa shape index (κ3) is 3.75. The lowest BCUT2D eigenvalue weighted by molar-refractivity contribution is 0.0692. The number of carbonyl (C=O) groups is 2. The molecule has 0 aliphatic carbocycles. The Kier molecular flexibility index (Phi) is 4.77. The van der Waals surface area contributed by atoms with Gasteiger partial charge in [-0.1, -0.05) is 41.4 Å². The molecule has 1 amide bonds. The highest BCUT2D eigenvalue weighted by molar-refractivity contribution is 6.33. The van der Waals surface area contributed by atoms with Crippen molar-refractivity contribution in [3.8, 4) is 0 Å². The number of amides is 1. The summed E-state index contributed by atoms with van der Waals surface area (Å²) in [7, 11) is 1.53. The van der Waals surface area contributed by atoms with Crippen LogP contribution in [0.5, 0.6) is 0 Å². The van der Waals surface area contributed by atoms with Gasteiger partial charge in [0.25, 0.3) is 5.91 Å². The molecule has 2 heterocycles. The number of nitrogens with one attached hydrogen (secondary N) is 1. The number of aromatic nitrogens is 4. The molecule has 0 saturated heterocycles. The monoisotopic (exact) mass is 373 g/mol. The van der Waals surface area contributed by atoms with Crippen LogP contribution in [0, 0.1) is 6.92 Å². The summed E-state index contributed by atoms with van der Waals surface area (Å²) in [5, 5.41) is 20.1. The van der Waals surface area contributed by atoms with Crippen molar-refractivity contribution in [2.45, 2.75) is 13.5 Å². The number of carbonyl (C=O) groups excluding carboxylic acids is 1. The average Bonchev–Trinajstić information content (AvgIpc) is 3.11. The molecule has 2 N–H and O–H groups in total.